The number of nitrogens with zero attached hydrogens (tertiary/aromatic N) is 6. The van der Waals surface area contributed by atoms with E-state index in [1.807, 2.05) is 0 Å². The van der Waals surface area contributed by atoms with Crippen molar-refractivity contribution in [2.45, 2.75) is 12.8 Å². The lowest BCUT2D eigenvalue weighted by Gasteiger charge is -2.31. The van der Waals surface area contributed by atoms with Gasteiger partial charge in [0.1, 0.15) is 0 Å². The Labute approximate surface area is 183 Å². The zero-order valence-electron chi connectivity index (χ0n) is 17.5. The Balaban J connectivity index is 1.29. The lowest BCUT2D eigenvalue weighted by Crippen LogP contribution is -2.41. The number of aromatic nitrogens is 4. The van der Waals surface area contributed by atoms with Crippen LogP contribution in [0.15, 0.2) is 49.1 Å². The second-order valence-corrected chi connectivity index (χ2v) is 7.80. The van der Waals surface area contributed by atoms with Gasteiger partial charge in [-0.2, -0.15) is 10.2 Å². The molecule has 1 fully saturated rings. The van der Waals surface area contributed by atoms with Gasteiger partial charge in [0.2, 0.25) is 0 Å². The number of aryl methyl sites for hydroxylation is 1. The maximum Gasteiger partial charge on any atom is 0.269 e. The van der Waals surface area contributed by atoms with E-state index in [1.54, 1.807) is 41.2 Å². The summed E-state index contributed by atoms with van der Waals surface area (Å²) in [5.41, 5.74) is 1.63. The molecular formula is C21H23N7O4. The number of rotatable bonds is 6. The third kappa shape index (κ3) is 4.66. The smallest absolute Gasteiger partial charge is 0.269 e. The summed E-state index contributed by atoms with van der Waals surface area (Å²) in [7, 11) is 1.76. The van der Waals surface area contributed by atoms with Crippen LogP contribution >= 0.6 is 0 Å². The Morgan fingerprint density at radius 1 is 1.09 bits per heavy atom. The highest BCUT2D eigenvalue weighted by Crippen LogP contribution is 2.20. The average molecular weight is 437 g/mol. The van der Waals surface area contributed by atoms with Gasteiger partial charge >= 0.3 is 0 Å². The summed E-state index contributed by atoms with van der Waals surface area (Å²) in [6.45, 7) is 1.78. The van der Waals surface area contributed by atoms with Crippen molar-refractivity contribution in [2.75, 3.05) is 19.6 Å². The van der Waals surface area contributed by atoms with Crippen LogP contribution in [0.3, 0.4) is 0 Å². The van der Waals surface area contributed by atoms with Crippen molar-refractivity contribution < 1.29 is 14.5 Å². The minimum atomic E-state index is -0.463. The van der Waals surface area contributed by atoms with Crippen molar-refractivity contribution in [2.24, 2.45) is 13.0 Å². The van der Waals surface area contributed by atoms with E-state index in [4.69, 9.17) is 0 Å². The van der Waals surface area contributed by atoms with E-state index in [2.05, 4.69) is 15.5 Å². The molecule has 11 nitrogen and oxygen atoms in total. The monoisotopic (exact) mass is 437 g/mol. The second-order valence-electron chi connectivity index (χ2n) is 7.80. The highest BCUT2D eigenvalue weighted by atomic mass is 16.6. The predicted octanol–water partition coefficient (Wildman–Crippen LogP) is 1.80. The van der Waals surface area contributed by atoms with E-state index in [0.717, 1.165) is 12.8 Å². The molecule has 0 unspecified atom stereocenters. The molecule has 0 atom stereocenters. The molecule has 1 aliphatic heterocycles. The van der Waals surface area contributed by atoms with Crippen molar-refractivity contribution in [3.63, 3.8) is 0 Å². The van der Waals surface area contributed by atoms with E-state index in [0.29, 0.717) is 42.4 Å². The molecule has 0 bridgehead atoms. The van der Waals surface area contributed by atoms with E-state index < -0.39 is 4.92 Å². The summed E-state index contributed by atoms with van der Waals surface area (Å²) in [6, 6.07) is 5.97. The molecule has 1 saturated heterocycles. The quantitative estimate of drug-likeness (QED) is 0.463. The fourth-order valence-electron chi connectivity index (χ4n) is 3.70. The van der Waals surface area contributed by atoms with Crippen molar-refractivity contribution in [1.29, 1.82) is 0 Å². The first-order valence-corrected chi connectivity index (χ1v) is 10.3. The number of carbonyl (C=O) groups excluding carboxylic acids is 2. The summed E-state index contributed by atoms with van der Waals surface area (Å²) in [6.07, 6.45) is 7.94. The third-order valence-corrected chi connectivity index (χ3v) is 5.57. The van der Waals surface area contributed by atoms with E-state index in [9.17, 15) is 19.7 Å². The van der Waals surface area contributed by atoms with E-state index in [-0.39, 0.29) is 17.5 Å². The Morgan fingerprint density at radius 2 is 1.78 bits per heavy atom. The van der Waals surface area contributed by atoms with Gasteiger partial charge in [-0.3, -0.25) is 24.4 Å². The van der Waals surface area contributed by atoms with Crippen molar-refractivity contribution in [1.82, 2.24) is 29.8 Å². The van der Waals surface area contributed by atoms with Gasteiger partial charge in [0, 0.05) is 51.2 Å². The van der Waals surface area contributed by atoms with E-state index in [1.165, 1.54) is 29.2 Å². The summed E-state index contributed by atoms with van der Waals surface area (Å²) in [5.74, 6) is 0.0637. The van der Waals surface area contributed by atoms with Crippen LogP contribution in [-0.4, -0.2) is 60.8 Å². The standard InChI is InChI=1S/C21H23N7O4/c1-25-13-16(11-23-25)20(29)22-10-15-6-8-26(9-7-15)21(30)17-12-24-27(14-17)18-2-4-19(5-3-18)28(31)32/h2-5,11-15H,6-10H2,1H3,(H,22,29). The van der Waals surface area contributed by atoms with Crippen LogP contribution in [0.25, 0.3) is 5.69 Å². The number of hydrogen-bond donors (Lipinski definition) is 1. The number of carbonyl (C=O) groups is 2. The molecule has 3 aromatic rings. The van der Waals surface area contributed by atoms with Gasteiger partial charge in [-0.1, -0.05) is 0 Å². The lowest BCUT2D eigenvalue weighted by atomic mass is 9.96. The Morgan fingerprint density at radius 3 is 2.41 bits per heavy atom. The fourth-order valence-corrected chi connectivity index (χ4v) is 3.70. The molecule has 4 rings (SSSR count). The van der Waals surface area contributed by atoms with Gasteiger partial charge in [0.25, 0.3) is 17.5 Å². The summed E-state index contributed by atoms with van der Waals surface area (Å²) in [4.78, 5) is 37.1. The third-order valence-electron chi connectivity index (χ3n) is 5.57. The van der Waals surface area contributed by atoms with Crippen molar-refractivity contribution in [3.05, 3.63) is 70.3 Å². The summed E-state index contributed by atoms with van der Waals surface area (Å²) < 4.78 is 3.11. The van der Waals surface area contributed by atoms with Crippen LogP contribution in [0.2, 0.25) is 0 Å². The maximum atomic E-state index is 12.9. The number of hydrogen-bond acceptors (Lipinski definition) is 6. The molecule has 0 radical (unpaired) electrons. The molecule has 166 valence electrons. The Bertz CT molecular complexity index is 1130. The van der Waals surface area contributed by atoms with Crippen LogP contribution < -0.4 is 5.32 Å². The van der Waals surface area contributed by atoms with Crippen LogP contribution in [0.5, 0.6) is 0 Å². The van der Waals surface area contributed by atoms with Gasteiger partial charge in [-0.15, -0.1) is 0 Å². The molecule has 1 N–H and O–H groups in total. The molecule has 11 heteroatoms. The highest BCUT2D eigenvalue weighted by Gasteiger charge is 2.25. The van der Waals surface area contributed by atoms with Crippen molar-refractivity contribution in [3.8, 4) is 5.69 Å². The number of nitro groups is 1. The molecule has 2 aromatic heterocycles. The first-order chi connectivity index (χ1) is 15.4. The van der Waals surface area contributed by atoms with E-state index >= 15 is 0 Å². The number of non-ortho nitro benzene ring substituents is 1. The normalized spacial score (nSPS) is 14.3. The number of amides is 2. The Hall–Kier alpha value is -4.02. The number of benzene rings is 1. The Kier molecular flexibility index (Phi) is 5.97. The minimum Gasteiger partial charge on any atom is -0.352 e. The number of likely N-dealkylation sites (tertiary alicyclic amines) is 1. The summed E-state index contributed by atoms with van der Waals surface area (Å²) in [5, 5.41) is 21.9. The van der Waals surface area contributed by atoms with Crippen LogP contribution in [0, 0.1) is 16.0 Å². The number of nitro benzene ring substituents is 1. The van der Waals surface area contributed by atoms with Gasteiger partial charge in [-0.25, -0.2) is 4.68 Å². The molecule has 3 heterocycles. The SMILES string of the molecule is Cn1cc(C(=O)NCC2CCN(C(=O)c3cnn(-c4ccc([N+](=O)[O-])cc4)c3)CC2)cn1. The molecule has 1 aliphatic rings. The highest BCUT2D eigenvalue weighted by molar-refractivity contribution is 5.94. The minimum absolute atomic E-state index is 0.00305. The van der Waals surface area contributed by atoms with Gasteiger partial charge in [0.15, 0.2) is 0 Å². The topological polar surface area (TPSA) is 128 Å². The molecule has 0 saturated carbocycles. The van der Waals surface area contributed by atoms with Gasteiger partial charge in [0.05, 0.1) is 34.1 Å². The van der Waals surface area contributed by atoms with Crippen molar-refractivity contribution >= 4 is 17.5 Å². The zero-order chi connectivity index (χ0) is 22.7. The summed E-state index contributed by atoms with van der Waals surface area (Å²) >= 11 is 0. The van der Waals surface area contributed by atoms with Crippen LogP contribution in [-0.2, 0) is 7.05 Å². The average Bonchev–Trinajstić information content (AvgIpc) is 3.47. The zero-order valence-corrected chi connectivity index (χ0v) is 17.5. The maximum absolute atomic E-state index is 12.9. The number of nitrogens with one attached hydrogen (secondary N) is 1. The predicted molar refractivity (Wildman–Crippen MR) is 114 cm³/mol. The largest absolute Gasteiger partial charge is 0.352 e. The molecular weight excluding hydrogens is 414 g/mol. The molecule has 1 aromatic carbocycles. The second kappa shape index (κ2) is 9.00. The molecule has 0 spiro atoms. The lowest BCUT2D eigenvalue weighted by molar-refractivity contribution is -0.384. The van der Waals surface area contributed by atoms with Crippen LogP contribution in [0.1, 0.15) is 33.6 Å². The first-order valence-electron chi connectivity index (χ1n) is 10.3. The van der Waals surface area contributed by atoms with Crippen LogP contribution in [0.4, 0.5) is 5.69 Å². The first kappa shape index (κ1) is 21.2. The van der Waals surface area contributed by atoms with Gasteiger partial charge in [-0.05, 0) is 30.9 Å². The molecule has 2 amide bonds. The molecule has 32 heavy (non-hydrogen) atoms. The van der Waals surface area contributed by atoms with Gasteiger partial charge < -0.3 is 10.2 Å². The molecule has 0 aliphatic carbocycles. The fraction of sp³-hybridized carbons (Fsp3) is 0.333. The number of piperidine rings is 1.